The Morgan fingerprint density at radius 2 is 0.800 bits per heavy atom. The molecule has 10 heavy (non-hydrogen) atoms. The van der Waals surface area contributed by atoms with E-state index in [0.29, 0.717) is 0 Å². The van der Waals surface area contributed by atoms with Gasteiger partial charge in [-0.25, -0.2) is 0 Å². The van der Waals surface area contributed by atoms with Gasteiger partial charge in [0, 0.05) is 0 Å². The third-order valence-corrected chi connectivity index (χ3v) is 4.74. The van der Waals surface area contributed by atoms with Crippen LogP contribution in [0, 0.1) is 0 Å². The minimum absolute atomic E-state index is 1.31. The maximum Gasteiger partial charge on any atom is -0.0353 e. The van der Waals surface area contributed by atoms with Crippen LogP contribution in [0.5, 0.6) is 0 Å². The number of hydrogen-bond donors (Lipinski definition) is 0. The first-order valence-electron chi connectivity index (χ1n) is 4.41. The van der Waals surface area contributed by atoms with Crippen molar-refractivity contribution in [2.75, 3.05) is 24.6 Å². The highest BCUT2D eigenvalue weighted by Gasteiger charge is 1.95. The fourth-order valence-corrected chi connectivity index (χ4v) is 3.75. The summed E-state index contributed by atoms with van der Waals surface area (Å²) in [4.78, 5) is 0. The van der Waals surface area contributed by atoms with Crippen molar-refractivity contribution in [3.8, 4) is 0 Å². The Morgan fingerprint density at radius 3 is 0.900 bits per heavy atom. The molecule has 0 spiro atoms. The molecule has 0 aromatic rings. The van der Waals surface area contributed by atoms with Crippen LogP contribution < -0.4 is 0 Å². The molecular formula is C8H18P2. The monoisotopic (exact) mass is 176 g/mol. The summed E-state index contributed by atoms with van der Waals surface area (Å²) in [5.41, 5.74) is 0. The highest BCUT2D eigenvalue weighted by molar-refractivity contribution is 7.38. The van der Waals surface area contributed by atoms with Crippen LogP contribution in [0.2, 0.25) is 0 Å². The van der Waals surface area contributed by atoms with Gasteiger partial charge in [0.05, 0.1) is 0 Å². The highest BCUT2D eigenvalue weighted by atomic mass is 31.1. The molecule has 2 aliphatic rings. The van der Waals surface area contributed by atoms with Crippen molar-refractivity contribution in [1.82, 2.24) is 0 Å². The van der Waals surface area contributed by atoms with E-state index in [0.717, 1.165) is 0 Å². The quantitative estimate of drug-likeness (QED) is 0.498. The molecule has 2 heterocycles. The Morgan fingerprint density at radius 1 is 0.500 bits per heavy atom. The maximum atomic E-state index is 1.53. The van der Waals surface area contributed by atoms with Gasteiger partial charge in [0.25, 0.3) is 0 Å². The van der Waals surface area contributed by atoms with E-state index in [-0.39, 0.29) is 0 Å². The lowest BCUT2D eigenvalue weighted by atomic mass is 10.4. The van der Waals surface area contributed by atoms with E-state index in [2.05, 4.69) is 0 Å². The van der Waals surface area contributed by atoms with Crippen LogP contribution >= 0.6 is 17.2 Å². The maximum absolute atomic E-state index is 1.53. The molecule has 60 valence electrons. The summed E-state index contributed by atoms with van der Waals surface area (Å²) in [6.07, 6.45) is 12.2. The van der Waals surface area contributed by atoms with E-state index in [9.17, 15) is 0 Å². The van der Waals surface area contributed by atoms with Gasteiger partial charge in [-0.2, -0.15) is 0 Å². The van der Waals surface area contributed by atoms with Gasteiger partial charge >= 0.3 is 0 Å². The van der Waals surface area contributed by atoms with Crippen molar-refractivity contribution in [2.24, 2.45) is 0 Å². The topological polar surface area (TPSA) is 0 Å². The van der Waals surface area contributed by atoms with E-state index in [4.69, 9.17) is 0 Å². The normalized spacial score (nSPS) is 24.0. The van der Waals surface area contributed by atoms with Crippen LogP contribution in [0.3, 0.4) is 0 Å². The molecule has 2 aliphatic heterocycles. The van der Waals surface area contributed by atoms with Gasteiger partial charge in [0.2, 0.25) is 0 Å². The average molecular weight is 176 g/mol. The Labute approximate surface area is 68.1 Å². The molecule has 0 aromatic carbocycles. The molecule has 0 unspecified atom stereocenters. The second kappa shape index (κ2) is 6.56. The smallest absolute Gasteiger partial charge is 0.0353 e. The Hall–Kier alpha value is 0.860. The van der Waals surface area contributed by atoms with Crippen molar-refractivity contribution < 1.29 is 0 Å². The molecule has 0 bridgehead atoms. The summed E-state index contributed by atoms with van der Waals surface area (Å²) in [5, 5.41) is 0. The van der Waals surface area contributed by atoms with Crippen molar-refractivity contribution >= 4 is 17.2 Å². The van der Waals surface area contributed by atoms with Crippen LogP contribution in [0.25, 0.3) is 0 Å². The van der Waals surface area contributed by atoms with E-state index in [1.54, 1.807) is 0 Å². The molecule has 0 radical (unpaired) electrons. The first kappa shape index (κ1) is 8.95. The first-order chi connectivity index (χ1) is 5.00. The standard InChI is InChI=1S/2C4H9P/c2*1-2-4-5-3-1/h2*5H,1-4H2. The van der Waals surface area contributed by atoms with Crippen LogP contribution in [0.15, 0.2) is 0 Å². The van der Waals surface area contributed by atoms with Crippen molar-refractivity contribution in [3.05, 3.63) is 0 Å². The Balaban J connectivity index is 0.0000001000. The summed E-state index contributed by atoms with van der Waals surface area (Å²) < 4.78 is 0. The third-order valence-electron chi connectivity index (χ3n) is 1.91. The van der Waals surface area contributed by atoms with E-state index < -0.39 is 0 Å². The lowest BCUT2D eigenvalue weighted by Gasteiger charge is -1.69. The zero-order chi connectivity index (χ0) is 7.07. The third kappa shape index (κ3) is 4.64. The summed E-state index contributed by atoms with van der Waals surface area (Å²) in [5.74, 6) is 0. The minimum atomic E-state index is 1.31. The van der Waals surface area contributed by atoms with E-state index in [1.165, 1.54) is 67.5 Å². The van der Waals surface area contributed by atoms with Crippen LogP contribution in [0.1, 0.15) is 25.7 Å². The van der Waals surface area contributed by atoms with Crippen molar-refractivity contribution in [3.63, 3.8) is 0 Å². The van der Waals surface area contributed by atoms with Gasteiger partial charge in [-0.1, -0.05) is 0 Å². The molecule has 0 aliphatic carbocycles. The molecule has 0 atom stereocenters. The predicted octanol–water partition coefficient (Wildman–Crippen LogP) is 2.92. The zero-order valence-electron chi connectivity index (χ0n) is 6.66. The average Bonchev–Trinajstić information content (AvgIpc) is 2.67. The Bertz CT molecular complexity index is 40.4. The summed E-state index contributed by atoms with van der Waals surface area (Å²) in [7, 11) is 2.62. The van der Waals surface area contributed by atoms with Crippen molar-refractivity contribution in [1.29, 1.82) is 0 Å². The van der Waals surface area contributed by atoms with Gasteiger partial charge < -0.3 is 0 Å². The largest absolute Gasteiger partial charge is 0.122 e. The van der Waals surface area contributed by atoms with Crippen LogP contribution in [-0.4, -0.2) is 24.6 Å². The molecule has 2 fully saturated rings. The molecule has 0 N–H and O–H groups in total. The van der Waals surface area contributed by atoms with Gasteiger partial charge in [-0.3, -0.25) is 0 Å². The lowest BCUT2D eigenvalue weighted by Crippen LogP contribution is -1.58. The second-order valence-electron chi connectivity index (χ2n) is 2.91. The molecule has 0 saturated carbocycles. The molecule has 2 heteroatoms. The predicted molar refractivity (Wildman–Crippen MR) is 54.6 cm³/mol. The zero-order valence-corrected chi connectivity index (χ0v) is 8.66. The molecular weight excluding hydrogens is 158 g/mol. The molecule has 0 amide bonds. The summed E-state index contributed by atoms with van der Waals surface area (Å²) in [6.45, 7) is 0. The van der Waals surface area contributed by atoms with E-state index >= 15 is 0 Å². The first-order valence-corrected chi connectivity index (χ1v) is 7.24. The molecule has 0 nitrogen and oxygen atoms in total. The van der Waals surface area contributed by atoms with Gasteiger partial charge in [0.1, 0.15) is 0 Å². The van der Waals surface area contributed by atoms with Gasteiger partial charge in [-0.15, -0.1) is 17.2 Å². The summed E-state index contributed by atoms with van der Waals surface area (Å²) >= 11 is 0. The minimum Gasteiger partial charge on any atom is -0.122 e. The molecule has 2 rings (SSSR count). The van der Waals surface area contributed by atoms with Gasteiger partial charge in [-0.05, 0) is 50.3 Å². The van der Waals surface area contributed by atoms with Crippen molar-refractivity contribution in [2.45, 2.75) is 25.7 Å². The van der Waals surface area contributed by atoms with Gasteiger partial charge in [0.15, 0.2) is 0 Å². The van der Waals surface area contributed by atoms with Crippen LogP contribution in [-0.2, 0) is 0 Å². The van der Waals surface area contributed by atoms with E-state index in [1.807, 2.05) is 0 Å². The lowest BCUT2D eigenvalue weighted by molar-refractivity contribution is 0.949. The number of rotatable bonds is 0. The fourth-order valence-electron chi connectivity index (χ4n) is 1.25. The number of hydrogen-bond acceptors (Lipinski definition) is 0. The SMILES string of the molecule is C1CCPC1.C1CCPC1. The summed E-state index contributed by atoms with van der Waals surface area (Å²) in [6, 6.07) is 0. The Kier molecular flexibility index (Phi) is 5.88. The fraction of sp³-hybridized carbons (Fsp3) is 1.00. The second-order valence-corrected chi connectivity index (χ2v) is 5.91. The van der Waals surface area contributed by atoms with Crippen LogP contribution in [0.4, 0.5) is 0 Å². The molecule has 2 saturated heterocycles. The highest BCUT2D eigenvalue weighted by Crippen LogP contribution is 2.22. The molecule has 0 aromatic heterocycles.